The van der Waals surface area contributed by atoms with Crippen molar-refractivity contribution in [2.45, 2.75) is 32.6 Å². The zero-order valence-corrected chi connectivity index (χ0v) is 15.7. The van der Waals surface area contributed by atoms with Gasteiger partial charge in [-0.2, -0.15) is 4.98 Å². The molecule has 0 radical (unpaired) electrons. The van der Waals surface area contributed by atoms with Crippen LogP contribution >= 0.6 is 0 Å². The van der Waals surface area contributed by atoms with Crippen molar-refractivity contribution < 1.29 is 14.1 Å². The van der Waals surface area contributed by atoms with E-state index in [1.54, 1.807) is 7.11 Å². The number of hydrogen-bond acceptors (Lipinski definition) is 5. The highest BCUT2D eigenvalue weighted by Gasteiger charge is 2.13. The van der Waals surface area contributed by atoms with Gasteiger partial charge in [-0.1, -0.05) is 37.2 Å². The fraction of sp³-hybridized carbons (Fsp3) is 0.286. The first-order valence-electron chi connectivity index (χ1n) is 8.92. The molecule has 3 rings (SSSR count). The highest BCUT2D eigenvalue weighted by Crippen LogP contribution is 2.24. The second-order valence-corrected chi connectivity index (χ2v) is 6.53. The molecule has 0 aliphatic carbocycles. The number of benzene rings is 2. The van der Waals surface area contributed by atoms with Gasteiger partial charge in [0.25, 0.3) is 0 Å². The topological polar surface area (TPSA) is 77.2 Å². The second kappa shape index (κ2) is 8.49. The van der Waals surface area contributed by atoms with Crippen LogP contribution in [0.25, 0.3) is 11.4 Å². The van der Waals surface area contributed by atoms with Gasteiger partial charge in [0.1, 0.15) is 5.75 Å². The Morgan fingerprint density at radius 2 is 1.89 bits per heavy atom. The monoisotopic (exact) mass is 365 g/mol. The minimum Gasteiger partial charge on any atom is -0.497 e. The standard InChI is InChI=1S/C21H23N3O3/c1-14(2)17-6-4-5-7-18(17)22-19(25)12-13-20-23-21(24-27-20)15-8-10-16(26-3)11-9-15/h4-11,14H,12-13H2,1-3H3,(H,22,25). The number of hydrogen-bond donors (Lipinski definition) is 1. The molecule has 6 heteroatoms. The number of aromatic nitrogens is 2. The molecule has 27 heavy (non-hydrogen) atoms. The Bertz CT molecular complexity index is 901. The molecule has 0 spiro atoms. The minimum absolute atomic E-state index is 0.0766. The van der Waals surface area contributed by atoms with Crippen LogP contribution in [0.15, 0.2) is 53.1 Å². The number of methoxy groups -OCH3 is 1. The van der Waals surface area contributed by atoms with Crippen molar-refractivity contribution >= 4 is 11.6 Å². The smallest absolute Gasteiger partial charge is 0.227 e. The molecule has 0 fully saturated rings. The highest BCUT2D eigenvalue weighted by atomic mass is 16.5. The lowest BCUT2D eigenvalue weighted by Crippen LogP contribution is -2.14. The summed E-state index contributed by atoms with van der Waals surface area (Å²) in [5.41, 5.74) is 2.80. The lowest BCUT2D eigenvalue weighted by atomic mass is 10.0. The molecular formula is C21H23N3O3. The Kier molecular flexibility index (Phi) is 5.86. The summed E-state index contributed by atoms with van der Waals surface area (Å²) in [7, 11) is 1.62. The first-order valence-corrected chi connectivity index (χ1v) is 8.92. The summed E-state index contributed by atoms with van der Waals surface area (Å²) in [6.07, 6.45) is 0.662. The number of anilines is 1. The molecule has 6 nitrogen and oxygen atoms in total. The molecule has 140 valence electrons. The van der Waals surface area contributed by atoms with E-state index in [4.69, 9.17) is 9.26 Å². The van der Waals surface area contributed by atoms with Gasteiger partial charge in [-0.05, 0) is 41.8 Å². The maximum Gasteiger partial charge on any atom is 0.227 e. The van der Waals surface area contributed by atoms with Gasteiger partial charge in [-0.15, -0.1) is 0 Å². The van der Waals surface area contributed by atoms with E-state index in [0.717, 1.165) is 22.6 Å². The van der Waals surface area contributed by atoms with E-state index in [1.807, 2.05) is 48.5 Å². The van der Waals surface area contributed by atoms with E-state index in [0.29, 0.717) is 24.1 Å². The lowest BCUT2D eigenvalue weighted by Gasteiger charge is -2.13. The van der Waals surface area contributed by atoms with Crippen LogP contribution < -0.4 is 10.1 Å². The third-order valence-electron chi connectivity index (χ3n) is 4.24. The zero-order chi connectivity index (χ0) is 19.2. The minimum atomic E-state index is -0.0766. The molecule has 0 atom stereocenters. The number of rotatable bonds is 7. The third kappa shape index (κ3) is 4.73. The van der Waals surface area contributed by atoms with Crippen molar-refractivity contribution in [1.29, 1.82) is 0 Å². The Morgan fingerprint density at radius 1 is 1.15 bits per heavy atom. The van der Waals surface area contributed by atoms with Crippen molar-refractivity contribution in [1.82, 2.24) is 10.1 Å². The molecule has 1 aromatic heterocycles. The van der Waals surface area contributed by atoms with Crippen molar-refractivity contribution in [2.24, 2.45) is 0 Å². The van der Waals surface area contributed by atoms with Crippen LogP contribution in [0.5, 0.6) is 5.75 Å². The van der Waals surface area contributed by atoms with Crippen LogP contribution in [0.1, 0.15) is 37.6 Å². The van der Waals surface area contributed by atoms with Crippen LogP contribution in [0.4, 0.5) is 5.69 Å². The predicted molar refractivity (Wildman–Crippen MR) is 104 cm³/mol. The summed E-state index contributed by atoms with van der Waals surface area (Å²) in [5, 5.41) is 6.95. The number of para-hydroxylation sites is 1. The molecule has 0 aliphatic heterocycles. The average Bonchev–Trinajstić information content (AvgIpc) is 3.16. The van der Waals surface area contributed by atoms with E-state index < -0.39 is 0 Å². The number of nitrogens with one attached hydrogen (secondary N) is 1. The highest BCUT2D eigenvalue weighted by molar-refractivity contribution is 5.91. The number of carbonyl (C=O) groups excluding carboxylic acids is 1. The number of aryl methyl sites for hydroxylation is 1. The fourth-order valence-electron chi connectivity index (χ4n) is 2.76. The Hall–Kier alpha value is -3.15. The largest absolute Gasteiger partial charge is 0.497 e. The quantitative estimate of drug-likeness (QED) is 0.670. The van der Waals surface area contributed by atoms with Crippen LogP contribution in [0.3, 0.4) is 0 Å². The zero-order valence-electron chi connectivity index (χ0n) is 15.7. The number of nitrogens with zero attached hydrogens (tertiary/aromatic N) is 2. The predicted octanol–water partition coefficient (Wildman–Crippen LogP) is 4.44. The summed E-state index contributed by atoms with van der Waals surface area (Å²) >= 11 is 0. The molecule has 0 aliphatic rings. The van der Waals surface area contributed by atoms with Gasteiger partial charge >= 0.3 is 0 Å². The summed E-state index contributed by atoms with van der Waals surface area (Å²) in [6, 6.07) is 15.2. The number of carbonyl (C=O) groups is 1. The Labute approximate surface area is 158 Å². The Morgan fingerprint density at radius 3 is 2.59 bits per heavy atom. The molecule has 1 amide bonds. The fourth-order valence-corrected chi connectivity index (χ4v) is 2.76. The molecule has 0 unspecified atom stereocenters. The van der Waals surface area contributed by atoms with Gasteiger partial charge in [-0.3, -0.25) is 4.79 Å². The van der Waals surface area contributed by atoms with Gasteiger partial charge in [0, 0.05) is 24.1 Å². The molecule has 0 bridgehead atoms. The molecular weight excluding hydrogens is 342 g/mol. The van der Waals surface area contributed by atoms with Gasteiger partial charge in [0.15, 0.2) is 0 Å². The SMILES string of the molecule is COc1ccc(-c2noc(CCC(=O)Nc3ccccc3C(C)C)n2)cc1. The third-order valence-corrected chi connectivity index (χ3v) is 4.24. The molecule has 1 heterocycles. The Balaban J connectivity index is 1.59. The molecule has 0 saturated heterocycles. The van der Waals surface area contributed by atoms with E-state index in [-0.39, 0.29) is 12.3 Å². The van der Waals surface area contributed by atoms with E-state index >= 15 is 0 Å². The van der Waals surface area contributed by atoms with Crippen LogP contribution in [-0.4, -0.2) is 23.2 Å². The van der Waals surface area contributed by atoms with Crippen LogP contribution in [-0.2, 0) is 11.2 Å². The molecule has 0 saturated carbocycles. The van der Waals surface area contributed by atoms with Gasteiger partial charge in [0.2, 0.25) is 17.6 Å². The van der Waals surface area contributed by atoms with Crippen LogP contribution in [0.2, 0.25) is 0 Å². The second-order valence-electron chi connectivity index (χ2n) is 6.53. The molecule has 2 aromatic carbocycles. The van der Waals surface area contributed by atoms with Crippen molar-refractivity contribution in [2.75, 3.05) is 12.4 Å². The van der Waals surface area contributed by atoms with Crippen LogP contribution in [0, 0.1) is 0 Å². The van der Waals surface area contributed by atoms with Crippen molar-refractivity contribution in [3.8, 4) is 17.1 Å². The van der Waals surface area contributed by atoms with E-state index in [9.17, 15) is 4.79 Å². The summed E-state index contributed by atoms with van der Waals surface area (Å²) in [5.74, 6) is 1.96. The number of amides is 1. The van der Waals surface area contributed by atoms with E-state index in [2.05, 4.69) is 29.3 Å². The summed E-state index contributed by atoms with van der Waals surface area (Å²) < 4.78 is 10.4. The molecule has 1 N–H and O–H groups in total. The summed E-state index contributed by atoms with van der Waals surface area (Å²) in [6.45, 7) is 4.20. The normalized spacial score (nSPS) is 10.8. The number of ether oxygens (including phenoxy) is 1. The van der Waals surface area contributed by atoms with Crippen molar-refractivity contribution in [3.05, 3.63) is 60.0 Å². The first-order chi connectivity index (χ1) is 13.1. The van der Waals surface area contributed by atoms with Gasteiger partial charge in [-0.25, -0.2) is 0 Å². The lowest BCUT2D eigenvalue weighted by molar-refractivity contribution is -0.116. The average molecular weight is 365 g/mol. The van der Waals surface area contributed by atoms with E-state index in [1.165, 1.54) is 0 Å². The van der Waals surface area contributed by atoms with Gasteiger partial charge in [0.05, 0.1) is 7.11 Å². The maximum absolute atomic E-state index is 12.3. The first kappa shape index (κ1) is 18.6. The van der Waals surface area contributed by atoms with Crippen molar-refractivity contribution in [3.63, 3.8) is 0 Å². The summed E-state index contributed by atoms with van der Waals surface area (Å²) in [4.78, 5) is 16.7. The maximum atomic E-state index is 12.3. The van der Waals surface area contributed by atoms with Gasteiger partial charge < -0.3 is 14.6 Å². The molecule has 3 aromatic rings.